The molecule has 0 spiro atoms. The lowest BCUT2D eigenvalue weighted by atomic mass is 10.1. The van der Waals surface area contributed by atoms with Crippen LogP contribution < -0.4 is 10.1 Å². The lowest BCUT2D eigenvalue weighted by Crippen LogP contribution is -2.57. The maximum Gasteiger partial charge on any atom is 0.403 e. The average molecular weight is 416 g/mol. The molecule has 29 heavy (non-hydrogen) atoms. The second kappa shape index (κ2) is 10.2. The van der Waals surface area contributed by atoms with Gasteiger partial charge in [0.25, 0.3) is 0 Å². The number of likely N-dealkylation sites (N-methyl/N-ethyl adjacent to an activating group) is 1. The Balaban J connectivity index is 1.97. The van der Waals surface area contributed by atoms with Crippen molar-refractivity contribution in [2.45, 2.75) is 25.2 Å². The summed E-state index contributed by atoms with van der Waals surface area (Å²) in [5.41, 5.74) is 1.11. The number of benzene rings is 1. The van der Waals surface area contributed by atoms with Gasteiger partial charge in [0.15, 0.2) is 5.96 Å². The van der Waals surface area contributed by atoms with Gasteiger partial charge in [0.05, 0.1) is 13.2 Å². The molecule has 1 aromatic rings. The molecule has 1 aliphatic heterocycles. The summed E-state index contributed by atoms with van der Waals surface area (Å²) in [5.74, 6) is 1.51. The Hall–Kier alpha value is -2.00. The van der Waals surface area contributed by atoms with Gasteiger partial charge in [-0.1, -0.05) is 12.1 Å². The Morgan fingerprint density at radius 1 is 1.24 bits per heavy atom. The summed E-state index contributed by atoms with van der Waals surface area (Å²) in [7, 11) is 7.35. The minimum atomic E-state index is -4.20. The standard InChI is InChI=1S/C20H32F3N5O/c1-15(20(21,22)23)27-9-11-28(12-10-27)19(24-2)25-14-18(26(3)4)16-7-6-8-17(13-16)29-5/h6-8,13,15,18H,9-12,14H2,1-5H3,(H,24,25). The van der Waals surface area contributed by atoms with Crippen LogP contribution in [0.15, 0.2) is 29.3 Å². The summed E-state index contributed by atoms with van der Waals surface area (Å²) in [6, 6.07) is 6.59. The van der Waals surface area contributed by atoms with Gasteiger partial charge in [-0.25, -0.2) is 0 Å². The fourth-order valence-corrected chi connectivity index (χ4v) is 3.50. The zero-order valence-corrected chi connectivity index (χ0v) is 17.8. The smallest absolute Gasteiger partial charge is 0.403 e. The lowest BCUT2D eigenvalue weighted by Gasteiger charge is -2.40. The van der Waals surface area contributed by atoms with Gasteiger partial charge >= 0.3 is 6.18 Å². The first-order valence-electron chi connectivity index (χ1n) is 9.74. The third kappa shape index (κ3) is 6.24. The lowest BCUT2D eigenvalue weighted by molar-refractivity contribution is -0.181. The largest absolute Gasteiger partial charge is 0.497 e. The second-order valence-electron chi connectivity index (χ2n) is 7.42. The van der Waals surface area contributed by atoms with Crippen molar-refractivity contribution in [3.8, 4) is 5.75 Å². The Morgan fingerprint density at radius 2 is 1.90 bits per heavy atom. The molecule has 9 heteroatoms. The molecule has 2 unspecified atom stereocenters. The topological polar surface area (TPSA) is 43.3 Å². The number of methoxy groups -OCH3 is 1. The fourth-order valence-electron chi connectivity index (χ4n) is 3.50. The van der Waals surface area contributed by atoms with Crippen molar-refractivity contribution in [3.05, 3.63) is 29.8 Å². The van der Waals surface area contributed by atoms with Crippen molar-refractivity contribution in [2.75, 3.05) is 61.0 Å². The minimum Gasteiger partial charge on any atom is -0.497 e. The van der Waals surface area contributed by atoms with Crippen LogP contribution in [-0.4, -0.2) is 93.9 Å². The van der Waals surface area contributed by atoms with E-state index in [0.717, 1.165) is 11.3 Å². The van der Waals surface area contributed by atoms with Crippen LogP contribution in [0.3, 0.4) is 0 Å². The Labute approximate surface area is 171 Å². The van der Waals surface area contributed by atoms with Crippen LogP contribution in [0.4, 0.5) is 13.2 Å². The number of ether oxygens (including phenoxy) is 1. The maximum atomic E-state index is 13.0. The highest BCUT2D eigenvalue weighted by atomic mass is 19.4. The minimum absolute atomic E-state index is 0.0911. The van der Waals surface area contributed by atoms with Crippen LogP contribution in [0.25, 0.3) is 0 Å². The molecular weight excluding hydrogens is 383 g/mol. The van der Waals surface area contributed by atoms with Gasteiger partial charge in [0, 0.05) is 39.8 Å². The molecule has 2 atom stereocenters. The van der Waals surface area contributed by atoms with Crippen LogP contribution in [0.5, 0.6) is 5.75 Å². The molecule has 0 saturated carbocycles. The molecule has 6 nitrogen and oxygen atoms in total. The van der Waals surface area contributed by atoms with Gasteiger partial charge in [0.1, 0.15) is 11.8 Å². The zero-order chi connectivity index (χ0) is 21.6. The normalized spacial score (nSPS) is 18.7. The summed E-state index contributed by atoms with van der Waals surface area (Å²) in [6.45, 7) is 3.56. The van der Waals surface area contributed by atoms with E-state index in [0.29, 0.717) is 38.7 Å². The summed E-state index contributed by atoms with van der Waals surface area (Å²) in [5, 5.41) is 3.38. The SMILES string of the molecule is CN=C(NCC(c1cccc(OC)c1)N(C)C)N1CCN(C(C)C(F)(F)F)CC1. The molecule has 1 aromatic carbocycles. The Kier molecular flexibility index (Phi) is 8.15. The number of piperazine rings is 1. The first-order valence-corrected chi connectivity index (χ1v) is 9.74. The van der Waals surface area contributed by atoms with E-state index in [1.807, 2.05) is 37.2 Å². The second-order valence-corrected chi connectivity index (χ2v) is 7.42. The van der Waals surface area contributed by atoms with E-state index in [2.05, 4.69) is 21.3 Å². The zero-order valence-electron chi connectivity index (χ0n) is 17.8. The number of nitrogens with one attached hydrogen (secondary N) is 1. The van der Waals surface area contributed by atoms with Crippen LogP contribution in [-0.2, 0) is 0 Å². The maximum absolute atomic E-state index is 13.0. The monoisotopic (exact) mass is 415 g/mol. The first-order chi connectivity index (χ1) is 13.7. The van der Waals surface area contributed by atoms with Crippen LogP contribution in [0.1, 0.15) is 18.5 Å². The number of aliphatic imine (C=N–C) groups is 1. The van der Waals surface area contributed by atoms with Crippen LogP contribution in [0.2, 0.25) is 0 Å². The van der Waals surface area contributed by atoms with E-state index in [-0.39, 0.29) is 6.04 Å². The highest BCUT2D eigenvalue weighted by Gasteiger charge is 2.41. The van der Waals surface area contributed by atoms with Crippen molar-refractivity contribution in [1.29, 1.82) is 0 Å². The number of rotatable bonds is 6. The molecule has 1 saturated heterocycles. The number of nitrogens with zero attached hydrogens (tertiary/aromatic N) is 4. The fraction of sp³-hybridized carbons (Fsp3) is 0.650. The third-order valence-corrected chi connectivity index (χ3v) is 5.40. The quantitative estimate of drug-likeness (QED) is 0.571. The number of guanidine groups is 1. The van der Waals surface area contributed by atoms with Crippen molar-refractivity contribution < 1.29 is 17.9 Å². The predicted octanol–water partition coefficient (Wildman–Crippen LogP) is 2.44. The van der Waals surface area contributed by atoms with Gasteiger partial charge < -0.3 is 19.9 Å². The van der Waals surface area contributed by atoms with Crippen molar-refractivity contribution in [1.82, 2.24) is 20.0 Å². The number of hydrogen-bond acceptors (Lipinski definition) is 4. The molecule has 0 aliphatic carbocycles. The summed E-state index contributed by atoms with van der Waals surface area (Å²) in [6.07, 6.45) is -4.20. The van der Waals surface area contributed by atoms with Gasteiger partial charge in [-0.15, -0.1) is 0 Å². The average Bonchev–Trinajstić information content (AvgIpc) is 2.70. The van der Waals surface area contributed by atoms with Crippen molar-refractivity contribution in [3.63, 3.8) is 0 Å². The molecule has 1 fully saturated rings. The van der Waals surface area contributed by atoms with Crippen molar-refractivity contribution >= 4 is 5.96 Å². The van der Waals surface area contributed by atoms with Crippen LogP contribution in [0, 0.1) is 0 Å². The van der Waals surface area contributed by atoms with E-state index in [4.69, 9.17) is 4.74 Å². The Morgan fingerprint density at radius 3 is 2.41 bits per heavy atom. The summed E-state index contributed by atoms with van der Waals surface area (Å²) in [4.78, 5) is 9.93. The summed E-state index contributed by atoms with van der Waals surface area (Å²) < 4.78 is 44.2. The first kappa shape index (κ1) is 23.3. The molecule has 1 N–H and O–H groups in total. The molecule has 0 bridgehead atoms. The molecule has 164 valence electrons. The predicted molar refractivity (Wildman–Crippen MR) is 109 cm³/mol. The number of hydrogen-bond donors (Lipinski definition) is 1. The van der Waals surface area contributed by atoms with E-state index in [1.54, 1.807) is 14.2 Å². The highest BCUT2D eigenvalue weighted by molar-refractivity contribution is 5.80. The van der Waals surface area contributed by atoms with Crippen LogP contribution >= 0.6 is 0 Å². The van der Waals surface area contributed by atoms with Gasteiger partial charge in [-0.2, -0.15) is 13.2 Å². The molecule has 1 aliphatic rings. The van der Waals surface area contributed by atoms with Gasteiger partial charge in [-0.3, -0.25) is 9.89 Å². The molecule has 0 radical (unpaired) electrons. The molecule has 0 aromatic heterocycles. The third-order valence-electron chi connectivity index (χ3n) is 5.40. The van der Waals surface area contributed by atoms with Gasteiger partial charge in [0.2, 0.25) is 0 Å². The molecular formula is C20H32F3N5O. The van der Waals surface area contributed by atoms with E-state index < -0.39 is 12.2 Å². The molecule has 2 rings (SSSR count). The van der Waals surface area contributed by atoms with E-state index in [9.17, 15) is 13.2 Å². The highest BCUT2D eigenvalue weighted by Crippen LogP contribution is 2.25. The molecule has 0 amide bonds. The van der Waals surface area contributed by atoms with Crippen molar-refractivity contribution in [2.24, 2.45) is 4.99 Å². The van der Waals surface area contributed by atoms with E-state index in [1.165, 1.54) is 11.8 Å². The number of halogens is 3. The van der Waals surface area contributed by atoms with Gasteiger partial charge in [-0.05, 0) is 38.7 Å². The number of alkyl halides is 3. The summed E-state index contributed by atoms with van der Waals surface area (Å²) >= 11 is 0. The Bertz CT molecular complexity index is 672. The molecule has 1 heterocycles. The van der Waals surface area contributed by atoms with E-state index >= 15 is 0 Å².